The van der Waals surface area contributed by atoms with E-state index in [0.29, 0.717) is 18.7 Å². The van der Waals surface area contributed by atoms with Gasteiger partial charge in [-0.05, 0) is 49.4 Å². The Kier molecular flexibility index (Phi) is 5.83. The highest BCUT2D eigenvalue weighted by Crippen LogP contribution is 2.28. The van der Waals surface area contributed by atoms with Crippen LogP contribution >= 0.6 is 0 Å². The number of aromatic nitrogens is 2. The van der Waals surface area contributed by atoms with Gasteiger partial charge in [0.1, 0.15) is 0 Å². The van der Waals surface area contributed by atoms with Gasteiger partial charge in [-0.3, -0.25) is 4.79 Å². The van der Waals surface area contributed by atoms with E-state index < -0.39 is 0 Å². The van der Waals surface area contributed by atoms with E-state index in [9.17, 15) is 4.79 Å². The molecule has 0 saturated heterocycles. The molecule has 1 aliphatic carbocycles. The Labute approximate surface area is 165 Å². The maximum absolute atomic E-state index is 12.5. The second-order valence-electron chi connectivity index (χ2n) is 7.17. The molecule has 3 aromatic rings. The van der Waals surface area contributed by atoms with Gasteiger partial charge in [0.05, 0.1) is 17.6 Å². The molecule has 2 aromatic carbocycles. The molecule has 1 aliphatic rings. The first kappa shape index (κ1) is 18.4. The molecule has 5 nitrogen and oxygen atoms in total. The molecule has 1 heterocycles. The smallest absolute Gasteiger partial charge is 0.251 e. The van der Waals surface area contributed by atoms with Crippen LogP contribution in [-0.2, 0) is 4.74 Å². The van der Waals surface area contributed by atoms with Crippen molar-refractivity contribution in [3.8, 4) is 16.9 Å². The van der Waals surface area contributed by atoms with Gasteiger partial charge in [0.25, 0.3) is 5.91 Å². The average Bonchev–Trinajstić information content (AvgIpc) is 3.44. The van der Waals surface area contributed by atoms with Crippen molar-refractivity contribution in [3.63, 3.8) is 0 Å². The molecule has 0 atom stereocenters. The van der Waals surface area contributed by atoms with Crippen LogP contribution in [0.15, 0.2) is 66.9 Å². The lowest BCUT2D eigenvalue weighted by Gasteiger charge is -2.10. The second-order valence-corrected chi connectivity index (χ2v) is 7.17. The van der Waals surface area contributed by atoms with E-state index in [4.69, 9.17) is 4.74 Å². The second kappa shape index (κ2) is 8.85. The van der Waals surface area contributed by atoms with Crippen molar-refractivity contribution >= 4 is 5.91 Å². The van der Waals surface area contributed by atoms with Crippen molar-refractivity contribution < 1.29 is 9.53 Å². The fraction of sp³-hybridized carbons (Fsp3) is 0.304. The highest BCUT2D eigenvalue weighted by Gasteiger charge is 2.20. The van der Waals surface area contributed by atoms with Crippen LogP contribution in [0.4, 0.5) is 0 Å². The molecule has 1 saturated carbocycles. The SMILES string of the molecule is O=C(NCCCOCC1CC1)c1cccc(-n2nccc2-c2ccccc2)c1. The summed E-state index contributed by atoms with van der Waals surface area (Å²) in [5.41, 5.74) is 3.57. The number of carbonyl (C=O) groups excluding carboxylic acids is 1. The van der Waals surface area contributed by atoms with E-state index in [-0.39, 0.29) is 5.91 Å². The summed E-state index contributed by atoms with van der Waals surface area (Å²) in [6, 6.07) is 19.6. The van der Waals surface area contributed by atoms with Crippen molar-refractivity contribution in [2.24, 2.45) is 5.92 Å². The number of carbonyl (C=O) groups is 1. The Balaban J connectivity index is 1.38. The van der Waals surface area contributed by atoms with E-state index in [2.05, 4.69) is 22.5 Å². The molecule has 144 valence electrons. The number of ether oxygens (including phenoxy) is 1. The van der Waals surface area contributed by atoms with Gasteiger partial charge in [0.2, 0.25) is 0 Å². The zero-order chi connectivity index (χ0) is 19.2. The fourth-order valence-electron chi connectivity index (χ4n) is 3.13. The first-order valence-corrected chi connectivity index (χ1v) is 9.87. The highest BCUT2D eigenvalue weighted by molar-refractivity contribution is 5.94. The zero-order valence-corrected chi connectivity index (χ0v) is 15.9. The molecule has 1 amide bonds. The number of nitrogens with one attached hydrogen (secondary N) is 1. The maximum atomic E-state index is 12.5. The van der Waals surface area contributed by atoms with Gasteiger partial charge >= 0.3 is 0 Å². The summed E-state index contributed by atoms with van der Waals surface area (Å²) >= 11 is 0. The van der Waals surface area contributed by atoms with Crippen LogP contribution in [0.2, 0.25) is 0 Å². The van der Waals surface area contributed by atoms with Crippen LogP contribution < -0.4 is 5.32 Å². The van der Waals surface area contributed by atoms with Gasteiger partial charge in [-0.15, -0.1) is 0 Å². The third-order valence-electron chi connectivity index (χ3n) is 4.87. The predicted molar refractivity (Wildman–Crippen MR) is 109 cm³/mol. The number of hydrogen-bond acceptors (Lipinski definition) is 3. The van der Waals surface area contributed by atoms with Gasteiger partial charge in [-0.2, -0.15) is 5.10 Å². The normalized spacial score (nSPS) is 13.4. The lowest BCUT2D eigenvalue weighted by molar-refractivity contribution is 0.0937. The Morgan fingerprint density at radius 1 is 1.11 bits per heavy atom. The standard InChI is InChI=1S/C23H25N3O2/c27-23(24-13-5-15-28-17-18-10-11-18)20-8-4-9-21(16-20)26-22(12-14-25-26)19-6-2-1-3-7-19/h1-4,6-9,12,14,16,18H,5,10-11,13,15,17H2,(H,24,27). The Hall–Kier alpha value is -2.92. The van der Waals surface area contributed by atoms with Crippen LogP contribution in [-0.4, -0.2) is 35.4 Å². The van der Waals surface area contributed by atoms with Crippen LogP contribution in [0, 0.1) is 5.92 Å². The molecular formula is C23H25N3O2. The lowest BCUT2D eigenvalue weighted by atomic mass is 10.1. The quantitative estimate of drug-likeness (QED) is 0.573. The van der Waals surface area contributed by atoms with Gasteiger partial charge < -0.3 is 10.1 Å². The third-order valence-corrected chi connectivity index (χ3v) is 4.87. The van der Waals surface area contributed by atoms with E-state index in [1.807, 2.05) is 53.2 Å². The maximum Gasteiger partial charge on any atom is 0.251 e. The van der Waals surface area contributed by atoms with Crippen molar-refractivity contribution in [3.05, 3.63) is 72.4 Å². The Bertz CT molecular complexity index is 916. The summed E-state index contributed by atoms with van der Waals surface area (Å²) in [6.07, 6.45) is 5.21. The number of benzene rings is 2. The first-order chi connectivity index (χ1) is 13.8. The van der Waals surface area contributed by atoms with Crippen LogP contribution in [0.25, 0.3) is 16.9 Å². The summed E-state index contributed by atoms with van der Waals surface area (Å²) < 4.78 is 7.46. The molecule has 1 aromatic heterocycles. The van der Waals surface area contributed by atoms with Crippen LogP contribution in [0.1, 0.15) is 29.6 Å². The molecule has 4 rings (SSSR count). The number of amides is 1. The topological polar surface area (TPSA) is 56.1 Å². The van der Waals surface area contributed by atoms with E-state index in [0.717, 1.165) is 35.9 Å². The summed E-state index contributed by atoms with van der Waals surface area (Å²) in [6.45, 7) is 2.18. The van der Waals surface area contributed by atoms with Gasteiger partial charge in [-0.25, -0.2) is 4.68 Å². The summed E-state index contributed by atoms with van der Waals surface area (Å²) in [7, 11) is 0. The molecule has 0 spiro atoms. The molecule has 1 N–H and O–H groups in total. The summed E-state index contributed by atoms with van der Waals surface area (Å²) in [4.78, 5) is 12.5. The minimum absolute atomic E-state index is 0.0718. The minimum Gasteiger partial charge on any atom is -0.381 e. The molecule has 0 aliphatic heterocycles. The van der Waals surface area contributed by atoms with Gasteiger partial charge in [0.15, 0.2) is 0 Å². The third kappa shape index (κ3) is 4.67. The Morgan fingerprint density at radius 2 is 1.96 bits per heavy atom. The number of hydrogen-bond donors (Lipinski definition) is 1. The first-order valence-electron chi connectivity index (χ1n) is 9.87. The molecule has 0 radical (unpaired) electrons. The molecule has 28 heavy (non-hydrogen) atoms. The van der Waals surface area contributed by atoms with Crippen molar-refractivity contribution in [1.29, 1.82) is 0 Å². The van der Waals surface area contributed by atoms with Crippen LogP contribution in [0.5, 0.6) is 0 Å². The van der Waals surface area contributed by atoms with Gasteiger partial charge in [-0.1, -0.05) is 36.4 Å². The summed E-state index contributed by atoms with van der Waals surface area (Å²) in [5, 5.41) is 7.42. The minimum atomic E-state index is -0.0718. The highest BCUT2D eigenvalue weighted by atomic mass is 16.5. The monoisotopic (exact) mass is 375 g/mol. The number of rotatable bonds is 9. The number of nitrogens with zero attached hydrogens (tertiary/aromatic N) is 2. The molecule has 0 unspecified atom stereocenters. The molecular weight excluding hydrogens is 350 g/mol. The zero-order valence-electron chi connectivity index (χ0n) is 15.9. The average molecular weight is 375 g/mol. The predicted octanol–water partition coefficient (Wildman–Crippen LogP) is 4.09. The van der Waals surface area contributed by atoms with E-state index in [1.165, 1.54) is 12.8 Å². The van der Waals surface area contributed by atoms with Gasteiger partial charge in [0, 0.05) is 30.9 Å². The van der Waals surface area contributed by atoms with Crippen molar-refractivity contribution in [1.82, 2.24) is 15.1 Å². The lowest BCUT2D eigenvalue weighted by Crippen LogP contribution is -2.25. The van der Waals surface area contributed by atoms with Crippen molar-refractivity contribution in [2.45, 2.75) is 19.3 Å². The summed E-state index contributed by atoms with van der Waals surface area (Å²) in [5.74, 6) is 0.706. The van der Waals surface area contributed by atoms with E-state index >= 15 is 0 Å². The van der Waals surface area contributed by atoms with Crippen molar-refractivity contribution in [2.75, 3.05) is 19.8 Å². The van der Waals surface area contributed by atoms with Crippen LogP contribution in [0.3, 0.4) is 0 Å². The Morgan fingerprint density at radius 3 is 2.79 bits per heavy atom. The molecule has 0 bridgehead atoms. The fourth-order valence-corrected chi connectivity index (χ4v) is 3.13. The molecule has 5 heteroatoms. The largest absolute Gasteiger partial charge is 0.381 e. The molecule has 1 fully saturated rings. The van der Waals surface area contributed by atoms with E-state index in [1.54, 1.807) is 6.20 Å².